The van der Waals surface area contributed by atoms with Crippen molar-refractivity contribution in [2.75, 3.05) is 0 Å². The van der Waals surface area contributed by atoms with Crippen molar-refractivity contribution in [1.29, 1.82) is 5.26 Å². The van der Waals surface area contributed by atoms with Crippen molar-refractivity contribution < 1.29 is 9.90 Å². The molecule has 0 radical (unpaired) electrons. The van der Waals surface area contributed by atoms with Gasteiger partial charge in [-0.3, -0.25) is 0 Å². The van der Waals surface area contributed by atoms with E-state index in [9.17, 15) is 0 Å². The molecule has 0 aromatic rings. The molecule has 48 valence electrons. The third-order valence-corrected chi connectivity index (χ3v) is 0. The molecule has 0 aliphatic rings. The molecule has 8 heavy (non-hydrogen) atoms. The van der Waals surface area contributed by atoms with Gasteiger partial charge in [-0.05, 0) is 0 Å². The molecule has 0 spiro atoms. The number of carbonyl (C=O) groups is 1. The summed E-state index contributed by atoms with van der Waals surface area (Å²) in [5.74, 6) is 0. The maximum absolute atomic E-state index is 9.00. The van der Waals surface area contributed by atoms with Crippen LogP contribution in [0.1, 0.15) is 0 Å². The average Bonchev–Trinajstić information content (AvgIpc) is 1.33. The number of aliphatic hydroxyl groups is 1. The molecule has 0 aliphatic carbocycles. The Kier molecular flexibility index (Phi) is 35.6. The zero-order valence-corrected chi connectivity index (χ0v) is 4.16. The van der Waals surface area contributed by atoms with Crippen LogP contribution in [0.25, 0.3) is 0 Å². The number of amides is 2. The third-order valence-electron chi connectivity index (χ3n) is 0. The fourth-order valence-corrected chi connectivity index (χ4v) is 0. The molecule has 0 aromatic carbocycles. The second-order valence-corrected chi connectivity index (χ2v) is 0.502. The maximum Gasteiger partial charge on any atom is 0.309 e. The number of urea groups is 1. The Morgan fingerprint density at radius 2 is 1.62 bits per heavy atom. The van der Waals surface area contributed by atoms with Crippen molar-refractivity contribution in [3.8, 4) is 6.26 Å². The van der Waals surface area contributed by atoms with Crippen LogP contribution in [0.5, 0.6) is 0 Å². The topological polar surface area (TPSA) is 148 Å². The van der Waals surface area contributed by atoms with Gasteiger partial charge in [0.2, 0.25) is 0 Å². The van der Waals surface area contributed by atoms with Gasteiger partial charge in [0.15, 0.2) is 0 Å². The molecule has 0 aromatic heterocycles. The van der Waals surface area contributed by atoms with E-state index >= 15 is 0 Å². The van der Waals surface area contributed by atoms with Crippen LogP contribution in [-0.2, 0) is 0 Å². The summed E-state index contributed by atoms with van der Waals surface area (Å²) in [7, 11) is 0. The van der Waals surface area contributed by atoms with Crippen molar-refractivity contribution in [3.05, 3.63) is 0 Å². The lowest BCUT2D eigenvalue weighted by atomic mass is 11.2. The quantitative estimate of drug-likeness (QED) is 0.304. The van der Waals surface area contributed by atoms with E-state index in [1.54, 1.807) is 0 Å². The molecule has 0 unspecified atom stereocenters. The maximum atomic E-state index is 9.00. The Morgan fingerprint density at radius 1 is 1.62 bits per heavy atom. The number of nitrogens with zero attached hydrogens (tertiary/aromatic N) is 1. The lowest BCUT2D eigenvalue weighted by Crippen LogP contribution is -2.18. The predicted molar refractivity (Wildman–Crippen MR) is 26.3 cm³/mol. The number of nitriles is 1. The minimum atomic E-state index is -0.833. The Balaban J connectivity index is -0.0000000575. The largest absolute Gasteiger partial charge is 0.443 e. The minimum absolute atomic E-state index is 0. The normalized spacial score (nSPS) is 3.88. The lowest BCUT2D eigenvalue weighted by Gasteiger charge is -1.62. The van der Waals surface area contributed by atoms with E-state index in [2.05, 4.69) is 11.5 Å². The van der Waals surface area contributed by atoms with Crippen LogP contribution in [0.2, 0.25) is 0 Å². The molecule has 0 fully saturated rings. The average molecular weight is 120 g/mol. The fourth-order valence-electron chi connectivity index (χ4n) is 0. The van der Waals surface area contributed by atoms with E-state index < -0.39 is 6.03 Å². The number of rotatable bonds is 0. The highest BCUT2D eigenvalue weighted by molar-refractivity contribution is 5.69. The highest BCUT2D eigenvalue weighted by Gasteiger charge is 1.60. The first-order valence-electron chi connectivity index (χ1n) is 1.23. The number of aliphatic hydroxyl groups excluding tert-OH is 1. The first-order chi connectivity index (χ1) is 3.15. The van der Waals surface area contributed by atoms with Crippen LogP contribution in [-0.4, -0.2) is 11.1 Å². The Morgan fingerprint density at radius 3 is 1.62 bits per heavy atom. The van der Waals surface area contributed by atoms with Gasteiger partial charge >= 0.3 is 6.03 Å². The Hall–Kier alpha value is -1.48. The summed E-state index contributed by atoms with van der Waals surface area (Å²) in [6.07, 6.45) is 0.750. The fraction of sp³-hybridized carbons (Fsp3) is 0. The van der Waals surface area contributed by atoms with Crippen molar-refractivity contribution in [2.24, 2.45) is 11.5 Å². The number of hydrogen-bond acceptors (Lipinski definition) is 4. The zero-order valence-electron chi connectivity index (χ0n) is 4.16. The minimum Gasteiger partial charge on any atom is -0.443 e. The molecule has 0 rings (SSSR count). The van der Waals surface area contributed by atoms with E-state index in [0.717, 1.165) is 6.26 Å². The predicted octanol–water partition coefficient (Wildman–Crippen LogP) is -0.974. The van der Waals surface area contributed by atoms with Crippen LogP contribution in [0.15, 0.2) is 0 Å². The van der Waals surface area contributed by atoms with Crippen molar-refractivity contribution in [1.82, 2.24) is 6.15 Å². The molecule has 6 nitrogen and oxygen atoms in total. The molecule has 0 heterocycles. The number of hydrogen-bond donors (Lipinski definition) is 4. The molecular formula is C2H8N4O2. The monoisotopic (exact) mass is 120 g/mol. The second kappa shape index (κ2) is 17.8. The van der Waals surface area contributed by atoms with Crippen LogP contribution < -0.4 is 17.6 Å². The van der Waals surface area contributed by atoms with Gasteiger partial charge in [0.05, 0.1) is 0 Å². The number of primary amides is 2. The van der Waals surface area contributed by atoms with Gasteiger partial charge in [-0.1, -0.05) is 0 Å². The van der Waals surface area contributed by atoms with Gasteiger partial charge in [0.1, 0.15) is 0 Å². The second-order valence-electron chi connectivity index (χ2n) is 0.502. The van der Waals surface area contributed by atoms with Gasteiger partial charge in [-0.2, -0.15) is 5.26 Å². The summed E-state index contributed by atoms with van der Waals surface area (Å²) in [6, 6.07) is -0.833. The van der Waals surface area contributed by atoms with Gasteiger partial charge in [-0.25, -0.2) is 4.79 Å². The standard InChI is InChI=1S/CH4N2O.CHNO.H3N/c2-1(3)4;2-1-3;/h(H4,2,3,4);3H;1H3. The van der Waals surface area contributed by atoms with Gasteiger partial charge < -0.3 is 22.7 Å². The first kappa shape index (κ1) is 16.0. The molecule has 0 atom stereocenters. The van der Waals surface area contributed by atoms with Crippen molar-refractivity contribution in [2.45, 2.75) is 0 Å². The smallest absolute Gasteiger partial charge is 0.309 e. The van der Waals surface area contributed by atoms with Gasteiger partial charge in [-0.15, -0.1) is 0 Å². The molecule has 2 amide bonds. The van der Waals surface area contributed by atoms with Crippen LogP contribution in [0.3, 0.4) is 0 Å². The molecule has 0 saturated heterocycles. The summed E-state index contributed by atoms with van der Waals surface area (Å²) >= 11 is 0. The summed E-state index contributed by atoms with van der Waals surface area (Å²) in [5, 5.41) is 13.8. The molecule has 0 bridgehead atoms. The van der Waals surface area contributed by atoms with Gasteiger partial charge in [0, 0.05) is 0 Å². The Bertz CT molecular complexity index is 80.5. The molecule has 8 N–H and O–H groups in total. The SMILES string of the molecule is N.N#CO.NC(N)=O. The van der Waals surface area contributed by atoms with Crippen molar-refractivity contribution in [3.63, 3.8) is 0 Å². The van der Waals surface area contributed by atoms with Gasteiger partial charge in [0.25, 0.3) is 6.26 Å². The van der Waals surface area contributed by atoms with Crippen LogP contribution >= 0.6 is 0 Å². The summed E-state index contributed by atoms with van der Waals surface area (Å²) in [5.41, 5.74) is 8.50. The lowest BCUT2D eigenvalue weighted by molar-refractivity contribution is 0.256. The highest BCUT2D eigenvalue weighted by atomic mass is 16.2. The van der Waals surface area contributed by atoms with E-state index in [0.29, 0.717) is 0 Å². The van der Waals surface area contributed by atoms with Crippen LogP contribution in [0.4, 0.5) is 4.79 Å². The molecular weight excluding hydrogens is 112 g/mol. The van der Waals surface area contributed by atoms with E-state index in [1.807, 2.05) is 0 Å². The number of carbonyl (C=O) groups excluding carboxylic acids is 1. The summed E-state index contributed by atoms with van der Waals surface area (Å²) < 4.78 is 0. The van der Waals surface area contributed by atoms with Crippen LogP contribution in [0, 0.1) is 11.5 Å². The van der Waals surface area contributed by atoms with E-state index in [4.69, 9.17) is 15.2 Å². The molecule has 6 heteroatoms. The van der Waals surface area contributed by atoms with E-state index in [1.165, 1.54) is 0 Å². The first-order valence-corrected chi connectivity index (χ1v) is 1.23. The summed E-state index contributed by atoms with van der Waals surface area (Å²) in [6.45, 7) is 0. The van der Waals surface area contributed by atoms with Crippen molar-refractivity contribution >= 4 is 6.03 Å². The molecule has 0 aliphatic heterocycles. The Labute approximate surface area is 46.3 Å². The zero-order chi connectivity index (χ0) is 6.28. The summed E-state index contributed by atoms with van der Waals surface area (Å²) in [4.78, 5) is 9.00. The third kappa shape index (κ3) is 25.6. The van der Waals surface area contributed by atoms with E-state index in [-0.39, 0.29) is 6.15 Å². The molecule has 0 saturated carbocycles. The number of nitrogens with two attached hydrogens (primary N) is 2. The highest BCUT2D eigenvalue weighted by Crippen LogP contribution is 1.25.